The van der Waals surface area contributed by atoms with Gasteiger partial charge < -0.3 is 9.72 Å². The average molecular weight is 261 g/mol. The van der Waals surface area contributed by atoms with Crippen LogP contribution in [0.3, 0.4) is 0 Å². The molecule has 1 saturated carbocycles. The molecule has 4 rings (SSSR count). The normalized spacial score (nSPS) is 28.0. The van der Waals surface area contributed by atoms with Crippen LogP contribution in [-0.4, -0.2) is 27.2 Å². The second-order valence-corrected chi connectivity index (χ2v) is 5.59. The number of nitrogens with zero attached hydrogens (tertiary/aromatic N) is 2. The Hall–Kier alpha value is -1.20. The van der Waals surface area contributed by atoms with Crippen LogP contribution in [0.1, 0.15) is 25.3 Å². The van der Waals surface area contributed by atoms with Crippen molar-refractivity contribution in [2.24, 2.45) is 5.92 Å². The van der Waals surface area contributed by atoms with Crippen LogP contribution in [0.25, 0.3) is 11.2 Å². The Kier molecular flexibility index (Phi) is 2.32. The number of hydrogen-bond acceptors (Lipinski definition) is 3. The van der Waals surface area contributed by atoms with Crippen LogP contribution in [0.15, 0.2) is 18.3 Å². The van der Waals surface area contributed by atoms with Crippen LogP contribution >= 0.6 is 12.2 Å². The molecule has 2 unspecified atom stereocenters. The van der Waals surface area contributed by atoms with Gasteiger partial charge in [0, 0.05) is 12.8 Å². The predicted molar refractivity (Wildman–Crippen MR) is 71.0 cm³/mol. The summed E-state index contributed by atoms with van der Waals surface area (Å²) in [7, 11) is 0. The Labute approximate surface area is 110 Å². The van der Waals surface area contributed by atoms with Crippen molar-refractivity contribution in [3.05, 3.63) is 23.1 Å². The van der Waals surface area contributed by atoms with E-state index in [0.717, 1.165) is 34.9 Å². The summed E-state index contributed by atoms with van der Waals surface area (Å²) in [4.78, 5) is 7.71. The summed E-state index contributed by atoms with van der Waals surface area (Å²) < 4.78 is 8.84. The zero-order valence-corrected chi connectivity index (χ0v) is 10.8. The Morgan fingerprint density at radius 2 is 2.28 bits per heavy atom. The molecule has 2 aromatic heterocycles. The number of hydrogen-bond donors (Lipinski definition) is 1. The SMILES string of the molecule is S=c1[nH]c2cccnc2n1C1CCOC1C1CC1. The number of fused-ring (bicyclic) bond motifs is 1. The van der Waals surface area contributed by atoms with Crippen molar-refractivity contribution in [2.45, 2.75) is 31.4 Å². The number of pyridine rings is 1. The number of nitrogens with one attached hydrogen (secondary N) is 1. The van der Waals surface area contributed by atoms with Gasteiger partial charge in [-0.3, -0.25) is 4.57 Å². The highest BCUT2D eigenvalue weighted by molar-refractivity contribution is 7.71. The van der Waals surface area contributed by atoms with Gasteiger partial charge in [0.2, 0.25) is 0 Å². The van der Waals surface area contributed by atoms with Crippen molar-refractivity contribution < 1.29 is 4.74 Å². The monoisotopic (exact) mass is 261 g/mol. The molecule has 2 atom stereocenters. The largest absolute Gasteiger partial charge is 0.376 e. The van der Waals surface area contributed by atoms with E-state index in [0.29, 0.717) is 12.1 Å². The van der Waals surface area contributed by atoms with E-state index in [1.165, 1.54) is 12.8 Å². The first-order chi connectivity index (χ1) is 8.84. The molecule has 0 bridgehead atoms. The van der Waals surface area contributed by atoms with Gasteiger partial charge in [-0.05, 0) is 49.5 Å². The van der Waals surface area contributed by atoms with Crippen molar-refractivity contribution in [3.8, 4) is 0 Å². The lowest BCUT2D eigenvalue weighted by molar-refractivity contribution is 0.0755. The Balaban J connectivity index is 1.86. The predicted octanol–water partition coefficient (Wildman–Crippen LogP) is 2.83. The van der Waals surface area contributed by atoms with Crippen LogP contribution in [0.2, 0.25) is 0 Å². The van der Waals surface area contributed by atoms with Gasteiger partial charge in [0.15, 0.2) is 10.4 Å². The molecule has 94 valence electrons. The molecule has 18 heavy (non-hydrogen) atoms. The maximum atomic E-state index is 5.91. The van der Waals surface area contributed by atoms with Gasteiger partial charge in [0.25, 0.3) is 0 Å². The van der Waals surface area contributed by atoms with Crippen molar-refractivity contribution in [2.75, 3.05) is 6.61 Å². The van der Waals surface area contributed by atoms with Crippen molar-refractivity contribution in [1.82, 2.24) is 14.5 Å². The molecule has 0 radical (unpaired) electrons. The number of rotatable bonds is 2. The molecule has 0 spiro atoms. The molecule has 1 aliphatic heterocycles. The highest BCUT2D eigenvalue weighted by atomic mass is 32.1. The summed E-state index contributed by atoms with van der Waals surface area (Å²) in [5.41, 5.74) is 1.98. The van der Waals surface area contributed by atoms with Crippen LogP contribution in [-0.2, 0) is 4.74 Å². The molecule has 2 aromatic rings. The van der Waals surface area contributed by atoms with E-state index >= 15 is 0 Å². The quantitative estimate of drug-likeness (QED) is 0.845. The highest BCUT2D eigenvalue weighted by Crippen LogP contribution is 2.44. The first kappa shape index (κ1) is 10.7. The summed E-state index contributed by atoms with van der Waals surface area (Å²) in [6.45, 7) is 0.840. The number of H-pyrrole nitrogens is 1. The van der Waals surface area contributed by atoms with Crippen molar-refractivity contribution in [3.63, 3.8) is 0 Å². The summed E-state index contributed by atoms with van der Waals surface area (Å²) in [6.07, 6.45) is 5.79. The lowest BCUT2D eigenvalue weighted by Crippen LogP contribution is -2.22. The number of aromatic amines is 1. The molecular weight excluding hydrogens is 246 g/mol. The zero-order valence-electron chi connectivity index (χ0n) is 10.0. The third kappa shape index (κ3) is 1.54. The smallest absolute Gasteiger partial charge is 0.179 e. The molecule has 0 aromatic carbocycles. The van der Waals surface area contributed by atoms with Crippen molar-refractivity contribution >= 4 is 23.4 Å². The van der Waals surface area contributed by atoms with Gasteiger partial charge in [-0.15, -0.1) is 0 Å². The molecule has 3 heterocycles. The number of imidazole rings is 1. The van der Waals surface area contributed by atoms with Gasteiger partial charge in [-0.1, -0.05) is 0 Å². The van der Waals surface area contributed by atoms with Crippen LogP contribution < -0.4 is 0 Å². The minimum atomic E-state index is 0.331. The molecule has 1 aliphatic carbocycles. The van der Waals surface area contributed by atoms with E-state index in [1.54, 1.807) is 0 Å². The molecule has 1 saturated heterocycles. The summed E-state index contributed by atoms with van der Waals surface area (Å²) in [5.74, 6) is 0.730. The van der Waals surface area contributed by atoms with Crippen LogP contribution in [0, 0.1) is 10.7 Å². The first-order valence-electron chi connectivity index (χ1n) is 6.51. The minimum Gasteiger partial charge on any atom is -0.376 e. The fourth-order valence-electron chi connectivity index (χ4n) is 3.02. The zero-order chi connectivity index (χ0) is 12.1. The molecule has 5 heteroatoms. The van der Waals surface area contributed by atoms with Gasteiger partial charge in [0.05, 0.1) is 17.7 Å². The third-order valence-corrected chi connectivity index (χ3v) is 4.30. The van der Waals surface area contributed by atoms with Crippen LogP contribution in [0.5, 0.6) is 0 Å². The Morgan fingerprint density at radius 3 is 3.11 bits per heavy atom. The topological polar surface area (TPSA) is 42.8 Å². The molecule has 2 aliphatic rings. The van der Waals surface area contributed by atoms with Crippen molar-refractivity contribution in [1.29, 1.82) is 0 Å². The number of aromatic nitrogens is 3. The second-order valence-electron chi connectivity index (χ2n) is 5.20. The minimum absolute atomic E-state index is 0.331. The fraction of sp³-hybridized carbons (Fsp3) is 0.538. The van der Waals surface area contributed by atoms with E-state index in [1.807, 2.05) is 18.3 Å². The Bertz CT molecular complexity index is 643. The Morgan fingerprint density at radius 1 is 1.39 bits per heavy atom. The lowest BCUT2D eigenvalue weighted by Gasteiger charge is -2.19. The molecule has 1 N–H and O–H groups in total. The van der Waals surface area contributed by atoms with E-state index in [9.17, 15) is 0 Å². The first-order valence-corrected chi connectivity index (χ1v) is 6.92. The summed E-state index contributed by atoms with van der Waals surface area (Å²) >= 11 is 5.46. The highest BCUT2D eigenvalue weighted by Gasteiger charge is 2.42. The maximum Gasteiger partial charge on any atom is 0.179 e. The second kappa shape index (κ2) is 3.90. The summed E-state index contributed by atoms with van der Waals surface area (Å²) in [5, 5.41) is 0. The van der Waals surface area contributed by atoms with E-state index < -0.39 is 0 Å². The van der Waals surface area contributed by atoms with E-state index in [2.05, 4.69) is 14.5 Å². The lowest BCUT2D eigenvalue weighted by atomic mass is 10.1. The molecule has 4 nitrogen and oxygen atoms in total. The van der Waals surface area contributed by atoms with Gasteiger partial charge in [0.1, 0.15) is 0 Å². The fourth-order valence-corrected chi connectivity index (χ4v) is 3.35. The molecule has 0 amide bonds. The average Bonchev–Trinajstić information content (AvgIpc) is 3.01. The summed E-state index contributed by atoms with van der Waals surface area (Å²) in [6, 6.07) is 4.31. The van der Waals surface area contributed by atoms with E-state index in [4.69, 9.17) is 17.0 Å². The standard InChI is InChI=1S/C13H15N3OS/c18-13-15-9-2-1-6-14-12(9)16(13)10-5-7-17-11(10)8-3-4-8/h1-2,6,8,10-11H,3-5,7H2,(H,15,18). The van der Waals surface area contributed by atoms with Gasteiger partial charge in [-0.25, -0.2) is 4.98 Å². The molecule has 2 fully saturated rings. The third-order valence-electron chi connectivity index (χ3n) is 4.00. The van der Waals surface area contributed by atoms with Crippen LogP contribution in [0.4, 0.5) is 0 Å². The number of ether oxygens (including phenoxy) is 1. The van der Waals surface area contributed by atoms with Gasteiger partial charge >= 0.3 is 0 Å². The van der Waals surface area contributed by atoms with Gasteiger partial charge in [-0.2, -0.15) is 0 Å². The molecular formula is C13H15N3OS. The van der Waals surface area contributed by atoms with E-state index in [-0.39, 0.29) is 0 Å². The maximum absolute atomic E-state index is 5.91.